The van der Waals surface area contributed by atoms with E-state index < -0.39 is 0 Å². The molecule has 1 saturated carbocycles. The highest BCUT2D eigenvalue weighted by Gasteiger charge is 2.54. The Labute approximate surface area is 59.8 Å². The first kappa shape index (κ1) is 5.33. The van der Waals surface area contributed by atoms with Crippen LogP contribution in [0.3, 0.4) is 0 Å². The Morgan fingerprint density at radius 3 is 2.10 bits per heavy atom. The molecule has 3 fully saturated rings. The second kappa shape index (κ2) is 1.46. The lowest BCUT2D eigenvalue weighted by molar-refractivity contribution is 0.355. The normalized spacial score (nSPS) is 56.6. The molecule has 0 aromatic heterocycles. The maximum atomic E-state index is 5.39. The van der Waals surface area contributed by atoms with E-state index in [-0.39, 0.29) is 0 Å². The van der Waals surface area contributed by atoms with E-state index in [1.807, 2.05) is 0 Å². The van der Waals surface area contributed by atoms with Gasteiger partial charge in [-0.15, -0.1) is 0 Å². The Morgan fingerprint density at radius 1 is 1.10 bits per heavy atom. The third-order valence-electron chi connectivity index (χ3n) is 2.63. The summed E-state index contributed by atoms with van der Waals surface area (Å²) >= 11 is 0. The first-order chi connectivity index (χ1) is 4.86. The molecule has 2 heteroatoms. The summed E-state index contributed by atoms with van der Waals surface area (Å²) in [7, 11) is 0. The van der Waals surface area contributed by atoms with Crippen LogP contribution in [0, 0.1) is 0 Å². The molecule has 2 aliphatic heterocycles. The van der Waals surface area contributed by atoms with E-state index in [1.54, 1.807) is 0 Å². The zero-order chi connectivity index (χ0) is 6.72. The van der Waals surface area contributed by atoms with Crippen molar-refractivity contribution in [3.05, 3.63) is 12.2 Å². The van der Waals surface area contributed by atoms with Gasteiger partial charge in [-0.05, 0) is 18.4 Å². The van der Waals surface area contributed by atoms with Crippen molar-refractivity contribution < 1.29 is 9.47 Å². The Hall–Kier alpha value is -0.340. The summed E-state index contributed by atoms with van der Waals surface area (Å²) < 4.78 is 10.8. The molecule has 0 aromatic rings. The van der Waals surface area contributed by atoms with Crippen molar-refractivity contribution in [2.24, 2.45) is 0 Å². The molecule has 4 atom stereocenters. The molecule has 3 rings (SSSR count). The lowest BCUT2D eigenvalue weighted by Crippen LogP contribution is -2.00. The molecule has 0 spiro atoms. The molecule has 0 radical (unpaired) electrons. The molecule has 0 aromatic carbocycles. The van der Waals surface area contributed by atoms with Crippen LogP contribution in [0.5, 0.6) is 0 Å². The summed E-state index contributed by atoms with van der Waals surface area (Å²) in [4.78, 5) is 0. The van der Waals surface area contributed by atoms with Gasteiger partial charge in [-0.2, -0.15) is 0 Å². The molecular weight excluding hydrogens is 128 g/mol. The van der Waals surface area contributed by atoms with Gasteiger partial charge < -0.3 is 9.47 Å². The lowest BCUT2D eigenvalue weighted by Gasteiger charge is -1.90. The minimum Gasteiger partial charge on any atom is -0.365 e. The molecule has 10 heavy (non-hydrogen) atoms. The molecule has 0 amide bonds. The molecule has 0 N–H and O–H groups in total. The van der Waals surface area contributed by atoms with Gasteiger partial charge in [-0.25, -0.2) is 0 Å². The number of fused-ring (bicyclic) bond motifs is 2. The average molecular weight is 138 g/mol. The Kier molecular flexibility index (Phi) is 0.778. The van der Waals surface area contributed by atoms with E-state index in [0.29, 0.717) is 24.4 Å². The quantitative estimate of drug-likeness (QED) is 0.366. The highest BCUT2D eigenvalue weighted by molar-refractivity contribution is 5.26. The number of ether oxygens (including phenoxy) is 2. The Bertz CT molecular complexity index is 179. The molecule has 3 aliphatic rings. The van der Waals surface area contributed by atoms with Gasteiger partial charge in [0.2, 0.25) is 0 Å². The zero-order valence-corrected chi connectivity index (χ0v) is 5.75. The van der Waals surface area contributed by atoms with Crippen LogP contribution in [0.1, 0.15) is 12.8 Å². The molecule has 2 saturated heterocycles. The van der Waals surface area contributed by atoms with Gasteiger partial charge in [0, 0.05) is 0 Å². The van der Waals surface area contributed by atoms with Crippen molar-refractivity contribution in [3.63, 3.8) is 0 Å². The van der Waals surface area contributed by atoms with Gasteiger partial charge in [0.25, 0.3) is 0 Å². The molecular formula is C8H10O2. The molecule has 2 nitrogen and oxygen atoms in total. The van der Waals surface area contributed by atoms with Gasteiger partial charge >= 0.3 is 0 Å². The van der Waals surface area contributed by atoms with Crippen molar-refractivity contribution in [2.45, 2.75) is 37.3 Å². The van der Waals surface area contributed by atoms with Crippen molar-refractivity contribution in [1.82, 2.24) is 0 Å². The van der Waals surface area contributed by atoms with Gasteiger partial charge in [0.1, 0.15) is 12.2 Å². The van der Waals surface area contributed by atoms with Crippen molar-refractivity contribution >= 4 is 0 Å². The minimum atomic E-state index is 0.359. The maximum absolute atomic E-state index is 5.39. The van der Waals surface area contributed by atoms with E-state index in [0.717, 1.165) is 0 Å². The highest BCUT2D eigenvalue weighted by atomic mass is 16.6. The van der Waals surface area contributed by atoms with E-state index in [9.17, 15) is 0 Å². The first-order valence-electron chi connectivity index (χ1n) is 3.86. The van der Waals surface area contributed by atoms with Crippen molar-refractivity contribution in [3.8, 4) is 0 Å². The van der Waals surface area contributed by atoms with Gasteiger partial charge in [-0.3, -0.25) is 0 Å². The van der Waals surface area contributed by atoms with E-state index in [4.69, 9.17) is 9.47 Å². The van der Waals surface area contributed by atoms with Crippen molar-refractivity contribution in [1.29, 1.82) is 0 Å². The third-order valence-corrected chi connectivity index (χ3v) is 2.63. The minimum absolute atomic E-state index is 0.359. The largest absolute Gasteiger partial charge is 0.365 e. The number of epoxide rings is 2. The maximum Gasteiger partial charge on any atom is 0.107 e. The van der Waals surface area contributed by atoms with Crippen LogP contribution in [0.15, 0.2) is 12.2 Å². The summed E-state index contributed by atoms with van der Waals surface area (Å²) in [6, 6.07) is 0. The predicted octanol–water partition coefficient (Wildman–Crippen LogP) is 0.871. The summed E-state index contributed by atoms with van der Waals surface area (Å²) in [6.45, 7) is 3.97. The molecule has 0 bridgehead atoms. The van der Waals surface area contributed by atoms with E-state index >= 15 is 0 Å². The van der Waals surface area contributed by atoms with Gasteiger partial charge in [0.05, 0.1) is 12.2 Å². The van der Waals surface area contributed by atoms with E-state index in [2.05, 4.69) is 6.58 Å². The Balaban J connectivity index is 1.88. The topological polar surface area (TPSA) is 25.1 Å². The van der Waals surface area contributed by atoms with Crippen LogP contribution in [-0.4, -0.2) is 24.4 Å². The fraction of sp³-hybridized carbons (Fsp3) is 0.750. The van der Waals surface area contributed by atoms with Crippen LogP contribution in [0.2, 0.25) is 0 Å². The molecule has 2 heterocycles. The predicted molar refractivity (Wildman–Crippen MR) is 35.7 cm³/mol. The standard InChI is InChI=1S/C8H10O2/c1-4-7-5(9-7)2-3-6-8(4)10-6/h5-8H,1-3H2/t5-,6-,7+,8+/m1/s1. The fourth-order valence-electron chi connectivity index (χ4n) is 1.87. The second-order valence-corrected chi connectivity index (χ2v) is 3.34. The highest BCUT2D eigenvalue weighted by Crippen LogP contribution is 2.46. The SMILES string of the molecule is C=C1[C@@H]2O[C@@H]2CC[C@H]2O[C@@H]12. The summed E-state index contributed by atoms with van der Waals surface area (Å²) in [5.74, 6) is 0. The fourth-order valence-corrected chi connectivity index (χ4v) is 1.87. The zero-order valence-electron chi connectivity index (χ0n) is 5.75. The third kappa shape index (κ3) is 0.559. The molecule has 0 unspecified atom stereocenters. The molecule has 54 valence electrons. The summed E-state index contributed by atoms with van der Waals surface area (Å²) in [5, 5.41) is 0. The monoisotopic (exact) mass is 138 g/mol. The summed E-state index contributed by atoms with van der Waals surface area (Å²) in [6.07, 6.45) is 4.07. The van der Waals surface area contributed by atoms with Gasteiger partial charge in [0.15, 0.2) is 0 Å². The lowest BCUT2D eigenvalue weighted by atomic mass is 10.1. The molecule has 1 aliphatic carbocycles. The summed E-state index contributed by atoms with van der Waals surface area (Å²) in [5.41, 5.74) is 1.19. The van der Waals surface area contributed by atoms with Gasteiger partial charge in [-0.1, -0.05) is 6.58 Å². The van der Waals surface area contributed by atoms with Crippen LogP contribution >= 0.6 is 0 Å². The smallest absolute Gasteiger partial charge is 0.107 e. The first-order valence-corrected chi connectivity index (χ1v) is 3.86. The van der Waals surface area contributed by atoms with Crippen LogP contribution < -0.4 is 0 Å². The number of hydrogen-bond donors (Lipinski definition) is 0. The number of hydrogen-bond acceptors (Lipinski definition) is 2. The Morgan fingerprint density at radius 2 is 1.60 bits per heavy atom. The van der Waals surface area contributed by atoms with Crippen molar-refractivity contribution in [2.75, 3.05) is 0 Å². The number of rotatable bonds is 0. The average Bonchev–Trinajstić information content (AvgIpc) is 2.76. The van der Waals surface area contributed by atoms with Crippen LogP contribution in [-0.2, 0) is 9.47 Å². The van der Waals surface area contributed by atoms with E-state index in [1.165, 1.54) is 18.4 Å². The van der Waals surface area contributed by atoms with Crippen LogP contribution in [0.25, 0.3) is 0 Å². The second-order valence-electron chi connectivity index (χ2n) is 3.34. The van der Waals surface area contributed by atoms with Crippen LogP contribution in [0.4, 0.5) is 0 Å².